The molecule has 28 heavy (non-hydrogen) atoms. The predicted molar refractivity (Wildman–Crippen MR) is 107 cm³/mol. The summed E-state index contributed by atoms with van der Waals surface area (Å²) in [6.45, 7) is 0. The minimum Gasteiger partial charge on any atom is -0.289 e. The summed E-state index contributed by atoms with van der Waals surface area (Å²) >= 11 is 0. The number of hydrogen-bond acceptors (Lipinski definition) is 1. The van der Waals surface area contributed by atoms with E-state index in [4.69, 9.17) is 0 Å². The molecule has 0 bridgehead atoms. The number of carbonyl (C=O) groups excluding carboxylic acids is 1. The first-order valence-corrected chi connectivity index (χ1v) is 8.89. The van der Waals surface area contributed by atoms with Crippen molar-refractivity contribution in [2.24, 2.45) is 0 Å². The Balaban J connectivity index is 1.99. The number of rotatable bonds is 4. The number of hydrogen-bond donors (Lipinski definition) is 0. The molecule has 0 radical (unpaired) electrons. The van der Waals surface area contributed by atoms with Gasteiger partial charge in [-0.1, -0.05) is 60.7 Å². The van der Waals surface area contributed by atoms with Crippen LogP contribution in [0.4, 0.5) is 8.78 Å². The first kappa shape index (κ1) is 17.8. The molecular weight excluding hydrogens is 354 g/mol. The fourth-order valence-electron chi connectivity index (χ4n) is 3.31. The molecule has 4 rings (SSSR count). The number of halogens is 2. The third kappa shape index (κ3) is 3.35. The molecule has 0 unspecified atom stereocenters. The van der Waals surface area contributed by atoms with E-state index in [2.05, 4.69) is 0 Å². The summed E-state index contributed by atoms with van der Waals surface area (Å²) in [6.07, 6.45) is 0. The first-order valence-electron chi connectivity index (χ1n) is 8.89. The maximum atomic E-state index is 15.0. The molecule has 0 aromatic heterocycles. The van der Waals surface area contributed by atoms with E-state index in [0.717, 1.165) is 5.56 Å². The van der Waals surface area contributed by atoms with Crippen molar-refractivity contribution < 1.29 is 13.6 Å². The van der Waals surface area contributed by atoms with Gasteiger partial charge >= 0.3 is 0 Å². The van der Waals surface area contributed by atoms with Crippen molar-refractivity contribution >= 4 is 5.78 Å². The van der Waals surface area contributed by atoms with Crippen LogP contribution in [0, 0.1) is 11.6 Å². The van der Waals surface area contributed by atoms with Gasteiger partial charge < -0.3 is 0 Å². The van der Waals surface area contributed by atoms with E-state index in [1.165, 1.54) is 36.4 Å². The molecule has 1 nitrogen and oxygen atoms in total. The average Bonchev–Trinajstić information content (AvgIpc) is 2.75. The molecule has 0 aliphatic heterocycles. The van der Waals surface area contributed by atoms with Crippen LogP contribution in [0.5, 0.6) is 0 Å². The van der Waals surface area contributed by atoms with Crippen LogP contribution in [-0.2, 0) is 0 Å². The fourth-order valence-corrected chi connectivity index (χ4v) is 3.31. The number of carbonyl (C=O) groups is 1. The highest BCUT2D eigenvalue weighted by Crippen LogP contribution is 2.38. The molecule has 4 aromatic rings. The van der Waals surface area contributed by atoms with E-state index >= 15 is 0 Å². The lowest BCUT2D eigenvalue weighted by Crippen LogP contribution is -2.06. The van der Waals surface area contributed by atoms with Gasteiger partial charge in [0.15, 0.2) is 5.78 Å². The molecule has 0 heterocycles. The zero-order valence-electron chi connectivity index (χ0n) is 14.9. The van der Waals surface area contributed by atoms with Crippen molar-refractivity contribution in [1.29, 1.82) is 0 Å². The second-order valence-electron chi connectivity index (χ2n) is 6.41. The molecule has 0 N–H and O–H groups in total. The summed E-state index contributed by atoms with van der Waals surface area (Å²) in [4.78, 5) is 13.2. The van der Waals surface area contributed by atoms with Gasteiger partial charge in [-0.15, -0.1) is 0 Å². The molecule has 0 saturated carbocycles. The summed E-state index contributed by atoms with van der Waals surface area (Å²) in [5.74, 6) is -1.10. The second-order valence-corrected chi connectivity index (χ2v) is 6.41. The van der Waals surface area contributed by atoms with Gasteiger partial charge in [0, 0.05) is 22.3 Å². The van der Waals surface area contributed by atoms with Crippen LogP contribution in [0.2, 0.25) is 0 Å². The number of benzene rings is 4. The van der Waals surface area contributed by atoms with Crippen molar-refractivity contribution in [3.05, 3.63) is 120 Å². The van der Waals surface area contributed by atoms with Crippen LogP contribution in [0.3, 0.4) is 0 Å². The molecule has 136 valence electrons. The zero-order chi connectivity index (χ0) is 19.5. The van der Waals surface area contributed by atoms with Crippen LogP contribution < -0.4 is 0 Å². The normalized spacial score (nSPS) is 10.6. The van der Waals surface area contributed by atoms with Crippen LogP contribution in [0.15, 0.2) is 97.1 Å². The maximum absolute atomic E-state index is 15.0. The van der Waals surface area contributed by atoms with Crippen LogP contribution >= 0.6 is 0 Å². The third-order valence-corrected chi connectivity index (χ3v) is 4.63. The topological polar surface area (TPSA) is 17.1 Å². The van der Waals surface area contributed by atoms with E-state index in [0.29, 0.717) is 27.8 Å². The highest BCUT2D eigenvalue weighted by Gasteiger charge is 2.21. The Morgan fingerprint density at radius 1 is 0.571 bits per heavy atom. The van der Waals surface area contributed by atoms with Gasteiger partial charge in [0.1, 0.15) is 11.6 Å². The van der Waals surface area contributed by atoms with Gasteiger partial charge in [-0.3, -0.25) is 4.79 Å². The summed E-state index contributed by atoms with van der Waals surface area (Å²) in [7, 11) is 0. The van der Waals surface area contributed by atoms with Crippen molar-refractivity contribution in [3.8, 4) is 22.3 Å². The van der Waals surface area contributed by atoms with Gasteiger partial charge in [0.25, 0.3) is 0 Å². The lowest BCUT2D eigenvalue weighted by atomic mass is 9.87. The molecule has 0 spiro atoms. The minimum absolute atomic E-state index is 0.281. The highest BCUT2D eigenvalue weighted by molar-refractivity contribution is 6.14. The molecule has 3 heteroatoms. The number of ketones is 1. The monoisotopic (exact) mass is 370 g/mol. The highest BCUT2D eigenvalue weighted by atomic mass is 19.1. The van der Waals surface area contributed by atoms with E-state index in [1.54, 1.807) is 0 Å². The van der Waals surface area contributed by atoms with Gasteiger partial charge in [-0.25, -0.2) is 8.78 Å². The van der Waals surface area contributed by atoms with Gasteiger partial charge in [0.2, 0.25) is 0 Å². The molecule has 0 atom stereocenters. The molecule has 0 saturated heterocycles. The first-order chi connectivity index (χ1) is 13.6. The maximum Gasteiger partial charge on any atom is 0.193 e. The lowest BCUT2D eigenvalue weighted by molar-refractivity contribution is 0.103. The molecule has 4 aromatic carbocycles. The lowest BCUT2D eigenvalue weighted by Gasteiger charge is -2.16. The molecule has 0 aliphatic carbocycles. The van der Waals surface area contributed by atoms with E-state index in [9.17, 15) is 13.6 Å². The van der Waals surface area contributed by atoms with E-state index < -0.39 is 11.6 Å². The Kier molecular flexibility index (Phi) is 4.81. The van der Waals surface area contributed by atoms with Gasteiger partial charge in [0.05, 0.1) is 0 Å². The van der Waals surface area contributed by atoms with Crippen LogP contribution in [0.25, 0.3) is 22.3 Å². The predicted octanol–water partition coefficient (Wildman–Crippen LogP) is 6.53. The average molecular weight is 370 g/mol. The van der Waals surface area contributed by atoms with Crippen molar-refractivity contribution in [3.63, 3.8) is 0 Å². The summed E-state index contributed by atoms with van der Waals surface area (Å²) in [5.41, 5.74) is 3.06. The third-order valence-electron chi connectivity index (χ3n) is 4.63. The van der Waals surface area contributed by atoms with Crippen molar-refractivity contribution in [2.45, 2.75) is 0 Å². The van der Waals surface area contributed by atoms with Crippen LogP contribution in [0.1, 0.15) is 15.9 Å². The summed E-state index contributed by atoms with van der Waals surface area (Å²) < 4.78 is 28.2. The van der Waals surface area contributed by atoms with Gasteiger partial charge in [-0.2, -0.15) is 0 Å². The second kappa shape index (κ2) is 7.57. The zero-order valence-corrected chi connectivity index (χ0v) is 14.9. The quantitative estimate of drug-likeness (QED) is 0.373. The standard InChI is InChI=1S/C25H16F2O/c26-20-13-11-19(12-14-20)25(28)21-15-16-22(27)24(18-9-5-2-6-10-18)23(21)17-7-3-1-4-8-17/h1-16H. The molecule has 0 aliphatic rings. The SMILES string of the molecule is O=C(c1ccc(F)cc1)c1ccc(F)c(-c2ccccc2)c1-c1ccccc1. The summed E-state index contributed by atoms with van der Waals surface area (Å²) in [6, 6.07) is 26.6. The van der Waals surface area contributed by atoms with Gasteiger partial charge in [-0.05, 0) is 47.5 Å². The van der Waals surface area contributed by atoms with Crippen molar-refractivity contribution in [2.75, 3.05) is 0 Å². The Bertz CT molecular complexity index is 1120. The molecule has 0 fully saturated rings. The molecular formula is C25H16F2O. The fraction of sp³-hybridized carbons (Fsp3) is 0. The van der Waals surface area contributed by atoms with Crippen LogP contribution in [-0.4, -0.2) is 5.78 Å². The van der Waals surface area contributed by atoms with Crippen molar-refractivity contribution in [1.82, 2.24) is 0 Å². The Morgan fingerprint density at radius 3 is 1.68 bits per heavy atom. The smallest absolute Gasteiger partial charge is 0.193 e. The van der Waals surface area contributed by atoms with E-state index in [-0.39, 0.29) is 5.78 Å². The minimum atomic E-state index is -0.413. The summed E-state index contributed by atoms with van der Waals surface area (Å²) in [5, 5.41) is 0. The Labute approximate surface area is 161 Å². The largest absolute Gasteiger partial charge is 0.289 e. The Morgan fingerprint density at radius 2 is 1.11 bits per heavy atom. The van der Waals surface area contributed by atoms with E-state index in [1.807, 2.05) is 60.7 Å². The molecule has 0 amide bonds. The Hall–Kier alpha value is -3.59.